The summed E-state index contributed by atoms with van der Waals surface area (Å²) < 4.78 is 7.31. The molecule has 1 atom stereocenters. The van der Waals surface area contributed by atoms with Gasteiger partial charge in [-0.2, -0.15) is 5.10 Å². The zero-order valence-corrected chi connectivity index (χ0v) is 13.5. The van der Waals surface area contributed by atoms with Gasteiger partial charge in [-0.25, -0.2) is 4.68 Å². The molecule has 1 aromatic heterocycles. The first-order valence-corrected chi connectivity index (χ1v) is 7.95. The predicted molar refractivity (Wildman–Crippen MR) is 90.5 cm³/mol. The summed E-state index contributed by atoms with van der Waals surface area (Å²) >= 11 is 0. The molecule has 5 nitrogen and oxygen atoms in total. The molecule has 0 fully saturated rings. The summed E-state index contributed by atoms with van der Waals surface area (Å²) in [5.41, 5.74) is 2.20. The largest absolute Gasteiger partial charge is 0.493 e. The molecule has 0 saturated carbocycles. The molecule has 2 aromatic rings. The number of aromatic nitrogens is 2. The Labute approximate surface area is 136 Å². The van der Waals surface area contributed by atoms with Crippen molar-refractivity contribution in [2.45, 2.75) is 32.7 Å². The van der Waals surface area contributed by atoms with Crippen LogP contribution in [0.15, 0.2) is 36.5 Å². The maximum absolute atomic E-state index is 12.1. The van der Waals surface area contributed by atoms with Crippen LogP contribution in [-0.2, 0) is 11.2 Å². The molecule has 3 rings (SSSR count). The number of fused-ring (bicyclic) bond motifs is 1. The van der Waals surface area contributed by atoms with Crippen molar-refractivity contribution < 1.29 is 9.53 Å². The third-order valence-electron chi connectivity index (χ3n) is 4.07. The normalized spacial score (nSPS) is 14.5. The minimum Gasteiger partial charge on any atom is -0.493 e. The first-order valence-electron chi connectivity index (χ1n) is 7.95. The Bertz CT molecular complexity index is 734. The number of nitrogens with one attached hydrogen (secondary N) is 1. The molecule has 120 valence electrons. The molecule has 1 aliphatic rings. The molecule has 1 unspecified atom stereocenters. The van der Waals surface area contributed by atoms with Crippen LogP contribution in [0.25, 0.3) is 6.08 Å². The number of rotatable bonds is 5. The van der Waals surface area contributed by atoms with Gasteiger partial charge < -0.3 is 10.1 Å². The Morgan fingerprint density at radius 1 is 1.48 bits per heavy atom. The van der Waals surface area contributed by atoms with Gasteiger partial charge in [-0.05, 0) is 42.7 Å². The summed E-state index contributed by atoms with van der Waals surface area (Å²) in [4.78, 5) is 12.1. The Morgan fingerprint density at radius 3 is 3.17 bits per heavy atom. The maximum atomic E-state index is 12.1. The number of carbonyl (C=O) groups excluding carboxylic acids is 1. The number of hydrogen-bond acceptors (Lipinski definition) is 3. The monoisotopic (exact) mass is 311 g/mol. The van der Waals surface area contributed by atoms with Crippen LogP contribution in [0, 0.1) is 0 Å². The minimum absolute atomic E-state index is 0.160. The second-order valence-electron chi connectivity index (χ2n) is 5.71. The average molecular weight is 311 g/mol. The van der Waals surface area contributed by atoms with Crippen LogP contribution in [-0.4, -0.2) is 22.3 Å². The summed E-state index contributed by atoms with van der Waals surface area (Å²) in [6.07, 6.45) is 6.95. The van der Waals surface area contributed by atoms with Crippen molar-refractivity contribution in [3.63, 3.8) is 0 Å². The molecule has 1 aromatic carbocycles. The van der Waals surface area contributed by atoms with E-state index in [4.69, 9.17) is 4.74 Å². The number of nitrogens with zero attached hydrogens (tertiary/aromatic N) is 2. The van der Waals surface area contributed by atoms with E-state index in [1.165, 1.54) is 5.56 Å². The van der Waals surface area contributed by atoms with E-state index in [0.29, 0.717) is 0 Å². The van der Waals surface area contributed by atoms with E-state index in [1.54, 1.807) is 12.3 Å². The van der Waals surface area contributed by atoms with Crippen LogP contribution < -0.4 is 10.1 Å². The second kappa shape index (κ2) is 6.69. The minimum atomic E-state index is -0.160. The molecule has 0 radical (unpaired) electrons. The van der Waals surface area contributed by atoms with Crippen LogP contribution in [0.5, 0.6) is 5.75 Å². The molecule has 0 aliphatic carbocycles. The molecule has 1 amide bonds. The van der Waals surface area contributed by atoms with Crippen molar-refractivity contribution >= 4 is 17.8 Å². The maximum Gasteiger partial charge on any atom is 0.249 e. The average Bonchev–Trinajstić information content (AvgIpc) is 3.20. The van der Waals surface area contributed by atoms with Crippen LogP contribution >= 0.6 is 0 Å². The van der Waals surface area contributed by atoms with Gasteiger partial charge in [0.05, 0.1) is 18.8 Å². The van der Waals surface area contributed by atoms with Crippen LogP contribution in [0.2, 0.25) is 0 Å². The lowest BCUT2D eigenvalue weighted by Gasteiger charge is -2.13. The van der Waals surface area contributed by atoms with Gasteiger partial charge >= 0.3 is 0 Å². The fraction of sp³-hybridized carbons (Fsp3) is 0.333. The molecule has 2 heterocycles. The number of carbonyl (C=O) groups is 1. The van der Waals surface area contributed by atoms with Crippen LogP contribution in [0.3, 0.4) is 0 Å². The number of anilines is 1. The van der Waals surface area contributed by atoms with Crippen LogP contribution in [0.4, 0.5) is 5.82 Å². The molecule has 1 N–H and O–H groups in total. The lowest BCUT2D eigenvalue weighted by molar-refractivity contribution is -0.111. The molecule has 5 heteroatoms. The van der Waals surface area contributed by atoms with E-state index in [-0.39, 0.29) is 11.9 Å². The number of hydrogen-bond donors (Lipinski definition) is 1. The molecular formula is C18H21N3O2. The van der Waals surface area contributed by atoms with E-state index in [0.717, 1.165) is 36.6 Å². The lowest BCUT2D eigenvalue weighted by Crippen LogP contribution is -2.15. The van der Waals surface area contributed by atoms with Gasteiger partial charge in [0.15, 0.2) is 0 Å². The highest BCUT2D eigenvalue weighted by molar-refractivity contribution is 6.01. The van der Waals surface area contributed by atoms with Crippen molar-refractivity contribution in [3.8, 4) is 5.75 Å². The van der Waals surface area contributed by atoms with Gasteiger partial charge in [0.25, 0.3) is 0 Å². The van der Waals surface area contributed by atoms with Crippen molar-refractivity contribution in [2.24, 2.45) is 0 Å². The standard InChI is InChI=1S/C18H21N3O2/c1-3-13(2)21-17(8-10-19-21)20-18(22)7-5-14-4-6-16-15(12-14)9-11-23-16/h4-8,10,12-13H,3,9,11H2,1-2H3,(H,20,22)/b7-5+. The van der Waals surface area contributed by atoms with E-state index in [1.807, 2.05) is 29.0 Å². The zero-order chi connectivity index (χ0) is 16.2. The molecule has 0 bridgehead atoms. The van der Waals surface area contributed by atoms with Gasteiger partial charge in [-0.15, -0.1) is 0 Å². The first-order chi connectivity index (χ1) is 11.2. The van der Waals surface area contributed by atoms with E-state index < -0.39 is 0 Å². The summed E-state index contributed by atoms with van der Waals surface area (Å²) in [6, 6.07) is 8.04. The number of amides is 1. The molecular weight excluding hydrogens is 290 g/mol. The fourth-order valence-corrected chi connectivity index (χ4v) is 2.59. The Hall–Kier alpha value is -2.56. The van der Waals surface area contributed by atoms with Crippen molar-refractivity contribution in [1.82, 2.24) is 9.78 Å². The molecule has 23 heavy (non-hydrogen) atoms. The third kappa shape index (κ3) is 3.44. The van der Waals surface area contributed by atoms with Gasteiger partial charge in [0, 0.05) is 18.6 Å². The summed E-state index contributed by atoms with van der Waals surface area (Å²) in [5.74, 6) is 1.51. The lowest BCUT2D eigenvalue weighted by atomic mass is 10.1. The van der Waals surface area contributed by atoms with E-state index in [2.05, 4.69) is 30.3 Å². The highest BCUT2D eigenvalue weighted by Gasteiger charge is 2.12. The van der Waals surface area contributed by atoms with E-state index >= 15 is 0 Å². The molecule has 0 spiro atoms. The second-order valence-corrected chi connectivity index (χ2v) is 5.71. The highest BCUT2D eigenvalue weighted by Crippen LogP contribution is 2.26. The SMILES string of the molecule is CCC(C)n1nccc1NC(=O)/C=C/c1ccc2c(c1)CCO2. The zero-order valence-electron chi connectivity index (χ0n) is 13.5. The smallest absolute Gasteiger partial charge is 0.249 e. The van der Waals surface area contributed by atoms with Crippen LogP contribution in [0.1, 0.15) is 37.4 Å². The summed E-state index contributed by atoms with van der Waals surface area (Å²) in [6.45, 7) is 4.91. The topological polar surface area (TPSA) is 56.2 Å². The molecule has 0 saturated heterocycles. The highest BCUT2D eigenvalue weighted by atomic mass is 16.5. The predicted octanol–water partition coefficient (Wildman–Crippen LogP) is 3.44. The summed E-state index contributed by atoms with van der Waals surface area (Å²) in [5, 5.41) is 7.14. The van der Waals surface area contributed by atoms with Gasteiger partial charge in [0.2, 0.25) is 5.91 Å². The fourth-order valence-electron chi connectivity index (χ4n) is 2.59. The van der Waals surface area contributed by atoms with Crippen molar-refractivity contribution in [3.05, 3.63) is 47.7 Å². The van der Waals surface area contributed by atoms with Gasteiger partial charge in [0.1, 0.15) is 11.6 Å². The Balaban J connectivity index is 1.66. The Kier molecular flexibility index (Phi) is 4.46. The van der Waals surface area contributed by atoms with Gasteiger partial charge in [-0.3, -0.25) is 4.79 Å². The van der Waals surface area contributed by atoms with Gasteiger partial charge in [-0.1, -0.05) is 13.0 Å². The van der Waals surface area contributed by atoms with Crippen molar-refractivity contribution in [1.29, 1.82) is 0 Å². The molecule has 1 aliphatic heterocycles. The van der Waals surface area contributed by atoms with E-state index in [9.17, 15) is 4.79 Å². The van der Waals surface area contributed by atoms with Crippen molar-refractivity contribution in [2.75, 3.05) is 11.9 Å². The summed E-state index contributed by atoms with van der Waals surface area (Å²) in [7, 11) is 0. The number of benzene rings is 1. The first kappa shape index (κ1) is 15.3. The quantitative estimate of drug-likeness (QED) is 0.861. The third-order valence-corrected chi connectivity index (χ3v) is 4.07. The Morgan fingerprint density at radius 2 is 2.35 bits per heavy atom. The number of ether oxygens (including phenoxy) is 1.